The van der Waals surface area contributed by atoms with E-state index < -0.39 is 118 Å². The average molecular weight is 760 g/mol. The summed E-state index contributed by atoms with van der Waals surface area (Å²) in [5.74, 6) is -7.50. The van der Waals surface area contributed by atoms with Crippen LogP contribution in [0, 0.1) is 0 Å². The van der Waals surface area contributed by atoms with Gasteiger partial charge in [-0.05, 0) is 6.07 Å². The third-order valence-corrected chi connectivity index (χ3v) is 8.59. The summed E-state index contributed by atoms with van der Waals surface area (Å²) in [7, 11) is -4.15. The van der Waals surface area contributed by atoms with Gasteiger partial charge < -0.3 is 76.0 Å². The van der Waals surface area contributed by atoms with Crippen molar-refractivity contribution in [2.45, 2.75) is 73.6 Å². The number of aromatic nitrogens is 2. The summed E-state index contributed by atoms with van der Waals surface area (Å²) in [5.41, 5.74) is 4.46. The summed E-state index contributed by atoms with van der Waals surface area (Å²) in [6, 6.07) is -0.603. The number of aliphatic hydroxyl groups is 6. The lowest BCUT2D eigenvalue weighted by Crippen LogP contribution is -2.68. The number of rotatable bonds is 19. The molecule has 2 aliphatic heterocycles. The van der Waals surface area contributed by atoms with E-state index in [1.54, 1.807) is 0 Å². The Morgan fingerprint density at radius 1 is 1.18 bits per heavy atom. The molecule has 3 heterocycles. The highest BCUT2D eigenvalue weighted by atomic mass is 31.2. The summed E-state index contributed by atoms with van der Waals surface area (Å²) in [5, 5.41) is 76.5. The number of carboxylic acids is 1. The molecule has 2 fully saturated rings. The van der Waals surface area contributed by atoms with Gasteiger partial charge in [-0.1, -0.05) is 0 Å². The molecule has 25 heteroatoms. The second-order valence-corrected chi connectivity index (χ2v) is 12.7. The van der Waals surface area contributed by atoms with E-state index in [4.69, 9.17) is 33.7 Å². The molecular weight excluding hydrogens is 717 g/mol. The van der Waals surface area contributed by atoms with Gasteiger partial charge in [0.15, 0.2) is 6.23 Å². The second-order valence-electron chi connectivity index (χ2n) is 11.3. The molecule has 24 nitrogen and oxygen atoms in total. The molecule has 51 heavy (non-hydrogen) atoms. The van der Waals surface area contributed by atoms with E-state index in [9.17, 15) is 64.4 Å². The molecule has 290 valence electrons. The first-order valence-electron chi connectivity index (χ1n) is 15.2. The van der Waals surface area contributed by atoms with Gasteiger partial charge in [-0.3, -0.25) is 18.7 Å². The third-order valence-electron chi connectivity index (χ3n) is 7.59. The molecule has 12 N–H and O–H groups in total. The fraction of sp³-hybridized carbons (Fsp3) is 0.731. The van der Waals surface area contributed by atoms with Crippen LogP contribution in [0.3, 0.4) is 0 Å². The summed E-state index contributed by atoms with van der Waals surface area (Å²) < 4.78 is 44.1. The van der Waals surface area contributed by atoms with E-state index in [2.05, 4.69) is 15.6 Å². The number of methoxy groups -OCH3 is 1. The van der Waals surface area contributed by atoms with Crippen LogP contribution < -0.4 is 22.1 Å². The molecule has 2 saturated heterocycles. The van der Waals surface area contributed by atoms with Crippen LogP contribution in [0.5, 0.6) is 0 Å². The van der Waals surface area contributed by atoms with Crippen LogP contribution in [-0.2, 0) is 46.9 Å². The van der Waals surface area contributed by atoms with Gasteiger partial charge in [0.05, 0.1) is 45.2 Å². The highest BCUT2D eigenvalue weighted by Gasteiger charge is 2.59. The van der Waals surface area contributed by atoms with E-state index in [1.807, 2.05) is 0 Å². The van der Waals surface area contributed by atoms with Gasteiger partial charge in [0.25, 0.3) is 5.79 Å². The second kappa shape index (κ2) is 18.5. The number of hydrogen-bond acceptors (Lipinski definition) is 19. The number of nitrogens with two attached hydrogens (primary N) is 1. The Labute approximate surface area is 288 Å². The Bertz CT molecular complexity index is 1450. The molecule has 0 radical (unpaired) electrons. The molecule has 2 aliphatic rings. The Morgan fingerprint density at radius 2 is 1.88 bits per heavy atom. The van der Waals surface area contributed by atoms with Gasteiger partial charge in [-0.25, -0.2) is 18.7 Å². The Kier molecular flexibility index (Phi) is 15.3. The molecule has 1 aromatic rings. The average Bonchev–Trinajstić information content (AvgIpc) is 3.34. The zero-order valence-corrected chi connectivity index (χ0v) is 27.9. The summed E-state index contributed by atoms with van der Waals surface area (Å²) in [6.07, 6.45) is -16.4. The van der Waals surface area contributed by atoms with Gasteiger partial charge in [-0.2, -0.15) is 4.98 Å². The maximum Gasteiger partial charge on any atom is 0.475 e. The minimum Gasteiger partial charge on any atom is -0.477 e. The van der Waals surface area contributed by atoms with Gasteiger partial charge in [0.1, 0.15) is 48.9 Å². The smallest absolute Gasteiger partial charge is 0.475 e. The monoisotopic (exact) mass is 759 g/mol. The highest BCUT2D eigenvalue weighted by Crippen LogP contribution is 2.51. The van der Waals surface area contributed by atoms with Crippen LogP contribution in [0.15, 0.2) is 17.1 Å². The van der Waals surface area contributed by atoms with Crippen molar-refractivity contribution in [1.82, 2.24) is 20.2 Å². The number of anilines is 1. The molecule has 0 aliphatic carbocycles. The van der Waals surface area contributed by atoms with Gasteiger partial charge in [-0.15, -0.1) is 0 Å². The number of phosphoric acid groups is 1. The normalized spacial score (nSPS) is 30.2. The van der Waals surface area contributed by atoms with Crippen molar-refractivity contribution in [3.05, 3.63) is 22.7 Å². The largest absolute Gasteiger partial charge is 0.477 e. The number of nitrogens with one attached hydrogen (secondary N) is 2. The van der Waals surface area contributed by atoms with E-state index in [1.165, 1.54) is 13.2 Å². The first kappa shape index (κ1) is 42.2. The van der Waals surface area contributed by atoms with E-state index >= 15 is 0 Å². The number of hydrogen-bond donors (Lipinski definition) is 11. The van der Waals surface area contributed by atoms with Crippen LogP contribution >= 0.6 is 7.82 Å². The van der Waals surface area contributed by atoms with Gasteiger partial charge in [0.2, 0.25) is 11.8 Å². The molecule has 3 rings (SSSR count). The minimum absolute atomic E-state index is 0.0177. The lowest BCUT2D eigenvalue weighted by atomic mass is 9.88. The fourth-order valence-electron chi connectivity index (χ4n) is 5.03. The SMILES string of the molecule is COCCOCCNC(=O)CC(=O)N[C@H]1C([C@H](O)[C@H](O)CO)OC(OP(=O)(O)OCC2OC(n3ccc(N)nc3=O)[C@H](O)[C@@H]2O)(C(=O)O)C[C@H]1O. The van der Waals surface area contributed by atoms with Crippen LogP contribution in [0.4, 0.5) is 5.82 Å². The van der Waals surface area contributed by atoms with Crippen molar-refractivity contribution in [2.75, 3.05) is 52.4 Å². The van der Waals surface area contributed by atoms with Crippen LogP contribution in [0.2, 0.25) is 0 Å². The zero-order valence-electron chi connectivity index (χ0n) is 27.0. The van der Waals surface area contributed by atoms with Crippen LogP contribution in [0.1, 0.15) is 19.1 Å². The fourth-order valence-corrected chi connectivity index (χ4v) is 5.99. The number of nitrogen functional groups attached to an aromatic ring is 1. The minimum atomic E-state index is -5.63. The topological polar surface area (TPSA) is 370 Å². The van der Waals surface area contributed by atoms with Crippen LogP contribution in [0.25, 0.3) is 0 Å². The number of amides is 2. The number of aliphatic carboxylic acids is 1. The van der Waals surface area contributed by atoms with Crippen molar-refractivity contribution in [3.8, 4) is 0 Å². The Hall–Kier alpha value is -3.20. The summed E-state index contributed by atoms with van der Waals surface area (Å²) in [4.78, 5) is 63.4. The maximum atomic E-state index is 13.0. The van der Waals surface area contributed by atoms with Crippen molar-refractivity contribution in [2.24, 2.45) is 0 Å². The van der Waals surface area contributed by atoms with Gasteiger partial charge >= 0.3 is 19.5 Å². The summed E-state index contributed by atoms with van der Waals surface area (Å²) in [6.45, 7) is -1.52. The van der Waals surface area contributed by atoms with Crippen molar-refractivity contribution in [1.29, 1.82) is 0 Å². The predicted molar refractivity (Wildman–Crippen MR) is 163 cm³/mol. The molecule has 0 spiro atoms. The third kappa shape index (κ3) is 11.1. The quantitative estimate of drug-likeness (QED) is 0.0355. The van der Waals surface area contributed by atoms with Crippen LogP contribution in [-0.4, -0.2) is 169 Å². The van der Waals surface area contributed by atoms with Crippen molar-refractivity contribution >= 4 is 31.4 Å². The molecule has 0 aromatic carbocycles. The standard InChI is InChI=1S/C26H42N5O19P/c1-45-6-7-46-5-3-28-16(35)8-17(36)30-18-12(33)9-26(24(40)41,49-22(18)19(37)13(34)10-32)50-51(43,44)47-11-14-20(38)21(39)23(48-14)31-4-2-15(27)29-25(31)42/h2,4,12-14,18-23,32-34,37-39H,3,5-11H2,1H3,(H,28,35)(H,30,36)(H,40,41)(H,43,44)(H2,27,29,42)/t12-,13-,14?,18-,19-,20-,21-,22?,23?,26?/m1/s1. The number of ether oxygens (including phenoxy) is 4. The first-order valence-corrected chi connectivity index (χ1v) is 16.7. The molecule has 1 aromatic heterocycles. The molecule has 2 amide bonds. The predicted octanol–water partition coefficient (Wildman–Crippen LogP) is -6.12. The maximum absolute atomic E-state index is 13.0. The van der Waals surface area contributed by atoms with Crippen molar-refractivity contribution < 1.29 is 87.6 Å². The number of phosphoric ester groups is 1. The summed E-state index contributed by atoms with van der Waals surface area (Å²) >= 11 is 0. The molecule has 11 atom stereocenters. The lowest BCUT2D eigenvalue weighted by Gasteiger charge is -2.46. The number of aliphatic hydroxyl groups excluding tert-OH is 6. The van der Waals surface area contributed by atoms with E-state index in [-0.39, 0.29) is 25.6 Å². The number of carboxylic acid groups (broad SMARTS) is 1. The number of carbonyl (C=O) groups is 3. The lowest BCUT2D eigenvalue weighted by molar-refractivity contribution is -0.289. The molecule has 0 bridgehead atoms. The molecule has 0 saturated carbocycles. The Morgan fingerprint density at radius 3 is 2.51 bits per heavy atom. The van der Waals surface area contributed by atoms with Gasteiger partial charge in [0, 0.05) is 26.3 Å². The van der Waals surface area contributed by atoms with E-state index in [0.717, 1.165) is 10.8 Å². The molecular formula is C26H42N5O19P. The highest BCUT2D eigenvalue weighted by molar-refractivity contribution is 7.47. The zero-order chi connectivity index (χ0) is 38.1. The number of carbonyl (C=O) groups excluding carboxylic acids is 2. The number of nitrogens with zero attached hydrogens (tertiary/aromatic N) is 2. The van der Waals surface area contributed by atoms with Crippen molar-refractivity contribution in [3.63, 3.8) is 0 Å². The first-order chi connectivity index (χ1) is 23.9. The Balaban J connectivity index is 1.71. The molecule has 5 unspecified atom stereocenters. The van der Waals surface area contributed by atoms with E-state index in [0.29, 0.717) is 6.61 Å².